The highest BCUT2D eigenvalue weighted by Gasteiger charge is 2.09. The average Bonchev–Trinajstić information content (AvgIpc) is 2.44. The summed E-state index contributed by atoms with van der Waals surface area (Å²) in [6.45, 7) is 1.85. The molecule has 0 radical (unpaired) electrons. The van der Waals surface area contributed by atoms with Crippen LogP contribution in [0.5, 0.6) is 0 Å². The standard InChI is InChI=1S/C13H13N3O3/c1-2-19-12(17)8-16-13(18)9-3-4-10-11(7-9)15-6-5-14-10/h3-7H,2,8H2,1H3,(H,16,18). The molecule has 19 heavy (non-hydrogen) atoms. The van der Waals surface area contributed by atoms with Gasteiger partial charge < -0.3 is 10.1 Å². The van der Waals surface area contributed by atoms with Crippen LogP contribution in [-0.2, 0) is 9.53 Å². The highest BCUT2D eigenvalue weighted by Crippen LogP contribution is 2.10. The molecule has 1 N–H and O–H groups in total. The second-order valence-corrected chi connectivity index (χ2v) is 3.75. The number of carbonyl (C=O) groups is 2. The molecule has 1 aromatic carbocycles. The van der Waals surface area contributed by atoms with Gasteiger partial charge in [-0.2, -0.15) is 0 Å². The number of aromatic nitrogens is 2. The Hall–Kier alpha value is -2.50. The van der Waals surface area contributed by atoms with Crippen molar-refractivity contribution >= 4 is 22.9 Å². The zero-order valence-corrected chi connectivity index (χ0v) is 10.4. The highest BCUT2D eigenvalue weighted by molar-refractivity contribution is 5.98. The molecule has 1 heterocycles. The summed E-state index contributed by atoms with van der Waals surface area (Å²) >= 11 is 0. The van der Waals surface area contributed by atoms with Gasteiger partial charge in [0.05, 0.1) is 17.6 Å². The Morgan fingerprint density at radius 1 is 1.21 bits per heavy atom. The fraction of sp³-hybridized carbons (Fsp3) is 0.231. The lowest BCUT2D eigenvalue weighted by Gasteiger charge is -2.05. The van der Waals surface area contributed by atoms with E-state index in [1.54, 1.807) is 37.5 Å². The number of hydrogen-bond acceptors (Lipinski definition) is 5. The normalized spacial score (nSPS) is 10.2. The molecular weight excluding hydrogens is 246 g/mol. The van der Waals surface area contributed by atoms with Gasteiger partial charge in [0, 0.05) is 18.0 Å². The van der Waals surface area contributed by atoms with E-state index in [0.717, 1.165) is 0 Å². The van der Waals surface area contributed by atoms with Crippen LogP contribution in [0, 0.1) is 0 Å². The zero-order chi connectivity index (χ0) is 13.7. The minimum Gasteiger partial charge on any atom is -0.465 e. The highest BCUT2D eigenvalue weighted by atomic mass is 16.5. The van der Waals surface area contributed by atoms with Gasteiger partial charge in [-0.15, -0.1) is 0 Å². The quantitative estimate of drug-likeness (QED) is 0.826. The molecule has 0 saturated heterocycles. The maximum Gasteiger partial charge on any atom is 0.325 e. The minimum atomic E-state index is -0.462. The molecule has 1 aromatic heterocycles. The summed E-state index contributed by atoms with van der Waals surface area (Å²) in [5.41, 5.74) is 1.77. The first kappa shape index (κ1) is 12.9. The number of rotatable bonds is 4. The topological polar surface area (TPSA) is 81.2 Å². The molecule has 2 aromatic rings. The van der Waals surface area contributed by atoms with Crippen molar-refractivity contribution in [3.63, 3.8) is 0 Å². The second-order valence-electron chi connectivity index (χ2n) is 3.75. The first-order valence-corrected chi connectivity index (χ1v) is 5.85. The van der Waals surface area contributed by atoms with Crippen LogP contribution in [-0.4, -0.2) is 35.0 Å². The van der Waals surface area contributed by atoms with E-state index in [1.165, 1.54) is 0 Å². The number of benzene rings is 1. The Morgan fingerprint density at radius 3 is 2.68 bits per heavy atom. The van der Waals surface area contributed by atoms with Crippen LogP contribution in [0.2, 0.25) is 0 Å². The van der Waals surface area contributed by atoms with Crippen LogP contribution >= 0.6 is 0 Å². The molecule has 0 aliphatic heterocycles. The van der Waals surface area contributed by atoms with Crippen molar-refractivity contribution in [2.24, 2.45) is 0 Å². The summed E-state index contributed by atoms with van der Waals surface area (Å²) in [5, 5.41) is 2.49. The Balaban J connectivity index is 2.07. The van der Waals surface area contributed by atoms with E-state index in [4.69, 9.17) is 4.74 Å². The Kier molecular flexibility index (Phi) is 4.02. The number of fused-ring (bicyclic) bond motifs is 1. The largest absolute Gasteiger partial charge is 0.465 e. The van der Waals surface area contributed by atoms with Gasteiger partial charge in [0.2, 0.25) is 0 Å². The SMILES string of the molecule is CCOC(=O)CNC(=O)c1ccc2nccnc2c1. The summed E-state index contributed by atoms with van der Waals surface area (Å²) in [7, 11) is 0. The van der Waals surface area contributed by atoms with E-state index in [-0.39, 0.29) is 12.5 Å². The number of nitrogens with zero attached hydrogens (tertiary/aromatic N) is 2. The van der Waals surface area contributed by atoms with Crippen molar-refractivity contribution in [1.82, 2.24) is 15.3 Å². The van der Waals surface area contributed by atoms with Gasteiger partial charge in [-0.3, -0.25) is 19.6 Å². The number of esters is 1. The number of nitrogens with one attached hydrogen (secondary N) is 1. The van der Waals surface area contributed by atoms with Crippen LogP contribution in [0.3, 0.4) is 0 Å². The molecule has 0 aliphatic carbocycles. The molecule has 0 saturated carbocycles. The monoisotopic (exact) mass is 259 g/mol. The molecule has 1 amide bonds. The molecular formula is C13H13N3O3. The predicted octanol–water partition coefficient (Wildman–Crippen LogP) is 0.923. The lowest BCUT2D eigenvalue weighted by atomic mass is 10.2. The van der Waals surface area contributed by atoms with Crippen LogP contribution in [0.1, 0.15) is 17.3 Å². The Morgan fingerprint density at radius 2 is 1.95 bits per heavy atom. The molecule has 0 unspecified atom stereocenters. The number of amides is 1. The van der Waals surface area contributed by atoms with E-state index in [9.17, 15) is 9.59 Å². The van der Waals surface area contributed by atoms with Crippen molar-refractivity contribution in [3.05, 3.63) is 36.2 Å². The van der Waals surface area contributed by atoms with E-state index in [1.807, 2.05) is 0 Å². The lowest BCUT2D eigenvalue weighted by Crippen LogP contribution is -2.30. The molecule has 6 heteroatoms. The first-order valence-electron chi connectivity index (χ1n) is 5.85. The number of carbonyl (C=O) groups excluding carboxylic acids is 2. The molecule has 0 atom stereocenters. The van der Waals surface area contributed by atoms with E-state index in [2.05, 4.69) is 15.3 Å². The van der Waals surface area contributed by atoms with Crippen molar-refractivity contribution < 1.29 is 14.3 Å². The van der Waals surface area contributed by atoms with Gasteiger partial charge in [0.1, 0.15) is 6.54 Å². The second kappa shape index (κ2) is 5.90. The van der Waals surface area contributed by atoms with Crippen molar-refractivity contribution in [1.29, 1.82) is 0 Å². The van der Waals surface area contributed by atoms with Gasteiger partial charge in [-0.1, -0.05) is 0 Å². The van der Waals surface area contributed by atoms with Crippen molar-refractivity contribution in [3.8, 4) is 0 Å². The first-order chi connectivity index (χ1) is 9.20. The predicted molar refractivity (Wildman–Crippen MR) is 68.5 cm³/mol. The summed E-state index contributed by atoms with van der Waals surface area (Å²) < 4.78 is 4.72. The molecule has 6 nitrogen and oxygen atoms in total. The molecule has 0 fully saturated rings. The molecule has 0 aliphatic rings. The number of hydrogen-bond donors (Lipinski definition) is 1. The van der Waals surface area contributed by atoms with Gasteiger partial charge in [-0.25, -0.2) is 0 Å². The smallest absolute Gasteiger partial charge is 0.325 e. The summed E-state index contributed by atoms with van der Waals surface area (Å²) in [6.07, 6.45) is 3.14. The summed E-state index contributed by atoms with van der Waals surface area (Å²) in [5.74, 6) is -0.808. The summed E-state index contributed by atoms with van der Waals surface area (Å²) in [6, 6.07) is 4.97. The van der Waals surface area contributed by atoms with Gasteiger partial charge in [0.25, 0.3) is 5.91 Å². The van der Waals surface area contributed by atoms with E-state index in [0.29, 0.717) is 23.2 Å². The maximum atomic E-state index is 11.8. The minimum absolute atomic E-state index is 0.148. The number of ether oxygens (including phenoxy) is 1. The van der Waals surface area contributed by atoms with E-state index >= 15 is 0 Å². The molecule has 2 rings (SSSR count). The van der Waals surface area contributed by atoms with E-state index < -0.39 is 5.97 Å². The van der Waals surface area contributed by atoms with Crippen molar-refractivity contribution in [2.45, 2.75) is 6.92 Å². The zero-order valence-electron chi connectivity index (χ0n) is 10.4. The third-order valence-electron chi connectivity index (χ3n) is 2.43. The van der Waals surface area contributed by atoms with Gasteiger partial charge in [-0.05, 0) is 25.1 Å². The van der Waals surface area contributed by atoms with Crippen LogP contribution in [0.15, 0.2) is 30.6 Å². The third kappa shape index (κ3) is 3.25. The summed E-state index contributed by atoms with van der Waals surface area (Å²) in [4.78, 5) is 31.2. The average molecular weight is 259 g/mol. The van der Waals surface area contributed by atoms with Crippen molar-refractivity contribution in [2.75, 3.05) is 13.2 Å². The fourth-order valence-electron chi connectivity index (χ4n) is 1.57. The molecule has 98 valence electrons. The lowest BCUT2D eigenvalue weighted by molar-refractivity contribution is -0.141. The van der Waals surface area contributed by atoms with Crippen LogP contribution in [0.4, 0.5) is 0 Å². The maximum absolute atomic E-state index is 11.8. The van der Waals surface area contributed by atoms with Gasteiger partial charge >= 0.3 is 5.97 Å². The fourth-order valence-corrected chi connectivity index (χ4v) is 1.57. The molecule has 0 spiro atoms. The Bertz CT molecular complexity index is 613. The molecule has 0 bridgehead atoms. The Labute approximate surface area is 109 Å². The van der Waals surface area contributed by atoms with Gasteiger partial charge in [0.15, 0.2) is 0 Å². The third-order valence-corrected chi connectivity index (χ3v) is 2.43. The van der Waals surface area contributed by atoms with Crippen LogP contribution < -0.4 is 5.32 Å². The van der Waals surface area contributed by atoms with Crippen LogP contribution in [0.25, 0.3) is 11.0 Å².